The first kappa shape index (κ1) is 44.2. The molecule has 6 atom stereocenters. The number of cyclic esters (lactones) is 1. The highest BCUT2D eigenvalue weighted by Crippen LogP contribution is 2.65. The average molecular weight is 902 g/mol. The molecule has 4 heterocycles. The third kappa shape index (κ3) is 7.78. The zero-order chi connectivity index (χ0) is 46.3. The number of carbonyl (C=O) groups is 3. The van der Waals surface area contributed by atoms with Crippen molar-refractivity contribution in [2.45, 2.75) is 86.7 Å². The third-order valence-corrected chi connectivity index (χ3v) is 14.5. The van der Waals surface area contributed by atoms with Gasteiger partial charge in [-0.1, -0.05) is 97.5 Å². The van der Waals surface area contributed by atoms with Crippen molar-refractivity contribution in [3.8, 4) is 29.1 Å². The molecule has 344 valence electrons. The Labute approximate surface area is 390 Å². The number of morpholine rings is 1. The van der Waals surface area contributed by atoms with Crippen molar-refractivity contribution in [2.24, 2.45) is 5.92 Å². The van der Waals surface area contributed by atoms with Crippen LogP contribution in [-0.4, -0.2) is 83.4 Å². The van der Waals surface area contributed by atoms with E-state index in [0.717, 1.165) is 47.9 Å². The Morgan fingerprint density at radius 3 is 2.15 bits per heavy atom. The first-order valence-electron chi connectivity index (χ1n) is 23.3. The second-order valence-electron chi connectivity index (χ2n) is 18.3. The molecule has 2 saturated heterocycles. The molecule has 0 radical (unpaired) electrons. The molecule has 5 aromatic rings. The molecule has 0 aromatic heterocycles. The van der Waals surface area contributed by atoms with Gasteiger partial charge in [0, 0.05) is 24.3 Å². The lowest BCUT2D eigenvalue weighted by atomic mass is 9.64. The Morgan fingerprint density at radius 2 is 1.48 bits per heavy atom. The zero-order valence-corrected chi connectivity index (χ0v) is 37.8. The second kappa shape index (κ2) is 18.2. The van der Waals surface area contributed by atoms with Gasteiger partial charge in [-0.2, -0.15) is 0 Å². The molecule has 5 aliphatic rings. The van der Waals surface area contributed by atoms with E-state index in [1.165, 1.54) is 0 Å². The fraction of sp³-hybridized carbons (Fsp3) is 0.364. The molecule has 6 unspecified atom stereocenters. The van der Waals surface area contributed by atoms with Crippen LogP contribution in [0.2, 0.25) is 0 Å². The number of rotatable bonds is 9. The van der Waals surface area contributed by atoms with Gasteiger partial charge >= 0.3 is 5.97 Å². The van der Waals surface area contributed by atoms with E-state index in [9.17, 15) is 10.2 Å². The van der Waals surface area contributed by atoms with Gasteiger partial charge in [-0.05, 0) is 108 Å². The molecule has 5 aromatic carbocycles. The summed E-state index contributed by atoms with van der Waals surface area (Å²) in [6, 6.07) is 33.3. The molecule has 10 rings (SSSR count). The maximum Gasteiger partial charge on any atom is 0.324 e. The molecule has 2 amide bonds. The summed E-state index contributed by atoms with van der Waals surface area (Å²) in [5.41, 5.74) is 2.92. The minimum atomic E-state index is -1.73. The molecule has 3 fully saturated rings. The van der Waals surface area contributed by atoms with Crippen LogP contribution < -0.4 is 19.5 Å². The Kier molecular flexibility index (Phi) is 12.0. The fourth-order valence-corrected chi connectivity index (χ4v) is 11.5. The van der Waals surface area contributed by atoms with Crippen molar-refractivity contribution >= 4 is 23.5 Å². The van der Waals surface area contributed by atoms with Crippen LogP contribution in [0.1, 0.15) is 95.7 Å². The Hall–Kier alpha value is -6.65. The summed E-state index contributed by atoms with van der Waals surface area (Å²) in [5, 5.41) is 24.4. The highest BCUT2D eigenvalue weighted by molar-refractivity contribution is 6.12. The predicted molar refractivity (Wildman–Crippen MR) is 250 cm³/mol. The number of methoxy groups -OCH3 is 2. The highest BCUT2D eigenvalue weighted by atomic mass is 16.6. The smallest absolute Gasteiger partial charge is 0.324 e. The van der Waals surface area contributed by atoms with E-state index in [0.29, 0.717) is 65.4 Å². The number of fused-ring (bicyclic) bond motifs is 4. The van der Waals surface area contributed by atoms with Crippen molar-refractivity contribution in [1.82, 2.24) is 9.80 Å². The number of nitrogens with one attached hydrogen (secondary N) is 1. The maximum absolute atomic E-state index is 16.2. The molecule has 12 heteroatoms. The van der Waals surface area contributed by atoms with Gasteiger partial charge in [-0.25, -0.2) is 0 Å². The maximum atomic E-state index is 16.2. The zero-order valence-electron chi connectivity index (χ0n) is 37.8. The predicted octanol–water partition coefficient (Wildman–Crippen LogP) is 7.37. The number of carbonyl (C=O) groups excluding carboxylic acids is 3. The number of anilines is 1. The number of ether oxygens (including phenoxy) is 4. The molecular formula is C55H55N3O9. The lowest BCUT2D eigenvalue weighted by Gasteiger charge is -2.46. The highest BCUT2D eigenvalue weighted by Gasteiger charge is 2.74. The lowest BCUT2D eigenvalue weighted by molar-refractivity contribution is -0.179. The van der Waals surface area contributed by atoms with Crippen molar-refractivity contribution < 1.29 is 43.5 Å². The molecular weight excluding hydrogens is 847 g/mol. The number of aliphatic hydroxyl groups excluding tert-OH is 1. The van der Waals surface area contributed by atoms with Gasteiger partial charge in [-0.3, -0.25) is 19.3 Å². The molecule has 0 bridgehead atoms. The van der Waals surface area contributed by atoms with E-state index in [4.69, 9.17) is 18.9 Å². The average Bonchev–Trinajstić information content (AvgIpc) is 3.73. The van der Waals surface area contributed by atoms with Gasteiger partial charge < -0.3 is 39.4 Å². The van der Waals surface area contributed by atoms with Crippen LogP contribution in [0.5, 0.6) is 17.2 Å². The number of nitrogens with zero attached hydrogens (tertiary/aromatic N) is 2. The van der Waals surface area contributed by atoms with Gasteiger partial charge in [0.15, 0.2) is 11.5 Å². The van der Waals surface area contributed by atoms with Crippen molar-refractivity contribution in [1.29, 1.82) is 0 Å². The van der Waals surface area contributed by atoms with E-state index in [1.807, 2.05) is 103 Å². The topological polar surface area (TPSA) is 147 Å². The van der Waals surface area contributed by atoms with Crippen LogP contribution in [-0.2, 0) is 37.5 Å². The van der Waals surface area contributed by atoms with Crippen LogP contribution in [0.15, 0.2) is 115 Å². The van der Waals surface area contributed by atoms with E-state index in [-0.39, 0.29) is 25.7 Å². The molecule has 1 saturated carbocycles. The first-order valence-corrected chi connectivity index (χ1v) is 23.3. The summed E-state index contributed by atoms with van der Waals surface area (Å²) in [4.78, 5) is 51.3. The van der Waals surface area contributed by atoms with Gasteiger partial charge in [0.25, 0.3) is 0 Å². The van der Waals surface area contributed by atoms with Crippen molar-refractivity contribution in [3.63, 3.8) is 0 Å². The molecule has 3 N–H and O–H groups in total. The molecule has 1 aliphatic carbocycles. The minimum Gasteiger partial charge on any atom is -0.493 e. The Bertz CT molecular complexity index is 2730. The summed E-state index contributed by atoms with van der Waals surface area (Å²) in [6.45, 7) is 0.447. The summed E-state index contributed by atoms with van der Waals surface area (Å²) in [7, 11) is 3.17. The van der Waals surface area contributed by atoms with Gasteiger partial charge in [0.1, 0.15) is 35.5 Å². The Balaban J connectivity index is 1.21. The van der Waals surface area contributed by atoms with Crippen LogP contribution in [0.3, 0.4) is 0 Å². The van der Waals surface area contributed by atoms with Crippen LogP contribution in [0.4, 0.5) is 5.69 Å². The summed E-state index contributed by atoms with van der Waals surface area (Å²) >= 11 is 0. The SMILES string of the molecule is COc1cc2c(cc1OC)CN(C(=O)C1C3C(=O)OC(c4ccccc4)C(c4ccccc4)N3C(c3ccc(OCCO)cc3)C13C(=O)Nc1ccc(C#CC4(O)CCCCCC4)cc13)CC2. The van der Waals surface area contributed by atoms with Crippen LogP contribution in [0, 0.1) is 17.8 Å². The van der Waals surface area contributed by atoms with Crippen molar-refractivity contribution in [2.75, 3.05) is 39.3 Å². The number of amides is 2. The van der Waals surface area contributed by atoms with Gasteiger partial charge in [0.2, 0.25) is 11.8 Å². The molecule has 4 aliphatic heterocycles. The van der Waals surface area contributed by atoms with Crippen LogP contribution in [0.25, 0.3) is 0 Å². The number of aliphatic hydroxyl groups is 2. The van der Waals surface area contributed by atoms with Crippen molar-refractivity contribution in [3.05, 3.63) is 154 Å². The summed E-state index contributed by atoms with van der Waals surface area (Å²) in [6.07, 6.45) is 4.69. The van der Waals surface area contributed by atoms with E-state index < -0.39 is 53.0 Å². The van der Waals surface area contributed by atoms with E-state index in [1.54, 1.807) is 31.3 Å². The number of esters is 1. The number of benzene rings is 5. The normalized spacial score (nSPS) is 25.1. The molecule has 12 nitrogen and oxygen atoms in total. The first-order chi connectivity index (χ1) is 32.7. The Morgan fingerprint density at radius 1 is 0.806 bits per heavy atom. The number of hydrogen-bond acceptors (Lipinski definition) is 10. The molecule has 1 spiro atoms. The number of hydrogen-bond donors (Lipinski definition) is 3. The molecule has 67 heavy (non-hydrogen) atoms. The van der Waals surface area contributed by atoms with E-state index in [2.05, 4.69) is 22.1 Å². The van der Waals surface area contributed by atoms with Gasteiger partial charge in [-0.15, -0.1) is 0 Å². The van der Waals surface area contributed by atoms with Gasteiger partial charge in [0.05, 0.1) is 38.8 Å². The monoisotopic (exact) mass is 901 g/mol. The van der Waals surface area contributed by atoms with Crippen LogP contribution >= 0.6 is 0 Å². The summed E-state index contributed by atoms with van der Waals surface area (Å²) < 4.78 is 23.8. The second-order valence-corrected chi connectivity index (χ2v) is 18.3. The lowest BCUT2D eigenvalue weighted by Crippen LogP contribution is -2.56. The van der Waals surface area contributed by atoms with E-state index >= 15 is 14.4 Å². The largest absolute Gasteiger partial charge is 0.493 e. The summed E-state index contributed by atoms with van der Waals surface area (Å²) in [5.74, 6) is 5.45. The fourth-order valence-electron chi connectivity index (χ4n) is 11.5. The standard InChI is InChI=1S/C55H55N3O9/c1-64-44-32-39-24-28-57(34-40(39)33-45(44)65-2)51(60)46-48-52(61)67-49(37-15-9-6-10-16-37)47(36-13-7-5-8-14-36)58(48)50(38-18-20-41(21-19-38)66-30-29-59)55(46)42-31-35(17-22-43(42)56-53(55)62)23-27-54(63)25-11-3-4-12-26-54/h5-10,13-22,31-33,46-50,59,63H,3-4,11-12,24-26,28-30,34H2,1-2H3,(H,56,62). The quantitative estimate of drug-likeness (QED) is 0.0779. The third-order valence-electron chi connectivity index (χ3n) is 14.5. The minimum absolute atomic E-state index is 0.0878.